The Balaban J connectivity index is 0. The molecule has 0 bridgehead atoms. The van der Waals surface area contributed by atoms with Crippen LogP contribution in [-0.2, 0) is 10.9 Å². The molecular formula is C18H39IS. The summed E-state index contributed by atoms with van der Waals surface area (Å²) in [6, 6.07) is 0. The minimum atomic E-state index is 0. The van der Waals surface area contributed by atoms with Crippen LogP contribution in [0, 0.1) is 0 Å². The molecule has 0 aliphatic heterocycles. The van der Waals surface area contributed by atoms with E-state index < -0.39 is 0 Å². The second-order valence-corrected chi connectivity index (χ2v) is 8.93. The van der Waals surface area contributed by atoms with Gasteiger partial charge < -0.3 is 24.0 Å². The van der Waals surface area contributed by atoms with Gasteiger partial charge in [-0.25, -0.2) is 0 Å². The summed E-state index contributed by atoms with van der Waals surface area (Å²) in [7, 11) is 0.624. The molecule has 0 saturated carbocycles. The van der Waals surface area contributed by atoms with Crippen molar-refractivity contribution in [2.24, 2.45) is 0 Å². The van der Waals surface area contributed by atoms with E-state index >= 15 is 0 Å². The first-order chi connectivity index (χ1) is 9.18. The van der Waals surface area contributed by atoms with Gasteiger partial charge in [-0.15, -0.1) is 0 Å². The van der Waals surface area contributed by atoms with Crippen LogP contribution < -0.4 is 24.0 Å². The van der Waals surface area contributed by atoms with Gasteiger partial charge in [0.15, 0.2) is 0 Å². The summed E-state index contributed by atoms with van der Waals surface area (Å²) < 4.78 is 0. The molecule has 0 aromatic carbocycles. The zero-order valence-corrected chi connectivity index (χ0v) is 17.5. The van der Waals surface area contributed by atoms with Gasteiger partial charge in [0.05, 0.1) is 12.5 Å². The molecule has 0 radical (unpaired) electrons. The molecule has 0 heterocycles. The molecule has 0 aromatic heterocycles. The first-order valence-corrected chi connectivity index (χ1v) is 10.8. The minimum Gasteiger partial charge on any atom is -1.00 e. The van der Waals surface area contributed by atoms with Crippen molar-refractivity contribution in [3.8, 4) is 0 Å². The first-order valence-electron chi connectivity index (χ1n) is 8.74. The van der Waals surface area contributed by atoms with Gasteiger partial charge in [-0.1, -0.05) is 77.6 Å². The molecule has 2 heteroatoms. The van der Waals surface area contributed by atoms with E-state index in [4.69, 9.17) is 0 Å². The third-order valence-corrected chi connectivity index (χ3v) is 6.11. The van der Waals surface area contributed by atoms with Crippen LogP contribution in [0.4, 0.5) is 0 Å². The number of unbranched alkanes of at least 4 members (excludes halogenated alkanes) is 11. The number of hydrogen-bond donors (Lipinski definition) is 0. The van der Waals surface area contributed by atoms with E-state index in [1.54, 1.807) is 0 Å². The van der Waals surface area contributed by atoms with Crippen molar-refractivity contribution < 1.29 is 24.0 Å². The lowest BCUT2D eigenvalue weighted by Gasteiger charge is -2.07. The van der Waals surface area contributed by atoms with Crippen LogP contribution in [0.5, 0.6) is 0 Å². The van der Waals surface area contributed by atoms with E-state index in [2.05, 4.69) is 26.4 Å². The molecule has 0 amide bonds. The Morgan fingerprint density at radius 3 is 1.35 bits per heavy atom. The van der Waals surface area contributed by atoms with Gasteiger partial charge in [-0.3, -0.25) is 0 Å². The van der Waals surface area contributed by atoms with E-state index in [1.165, 1.54) is 83.5 Å². The monoisotopic (exact) mass is 414 g/mol. The maximum atomic E-state index is 2.42. The summed E-state index contributed by atoms with van der Waals surface area (Å²) in [5.74, 6) is 0. The van der Waals surface area contributed by atoms with Crippen LogP contribution in [0.3, 0.4) is 0 Å². The summed E-state index contributed by atoms with van der Waals surface area (Å²) in [5, 5.41) is 0.947. The highest BCUT2D eigenvalue weighted by Crippen LogP contribution is 2.14. The lowest BCUT2D eigenvalue weighted by atomic mass is 10.0. The smallest absolute Gasteiger partial charge is 0.114 e. The maximum Gasteiger partial charge on any atom is 0.114 e. The fraction of sp³-hybridized carbons (Fsp3) is 1.00. The molecule has 0 aliphatic carbocycles. The van der Waals surface area contributed by atoms with E-state index in [0.29, 0.717) is 10.9 Å². The van der Waals surface area contributed by atoms with Crippen LogP contribution in [0.15, 0.2) is 0 Å². The van der Waals surface area contributed by atoms with Gasteiger partial charge in [-0.2, -0.15) is 0 Å². The van der Waals surface area contributed by atoms with Gasteiger partial charge in [-0.05, 0) is 30.7 Å². The molecule has 0 fully saturated rings. The van der Waals surface area contributed by atoms with Crippen molar-refractivity contribution in [3.63, 3.8) is 0 Å². The molecule has 20 heavy (non-hydrogen) atoms. The fourth-order valence-electron chi connectivity index (χ4n) is 2.51. The maximum absolute atomic E-state index is 2.42. The normalized spacial score (nSPS) is 12.4. The summed E-state index contributed by atoms with van der Waals surface area (Å²) >= 11 is 0. The number of hydrogen-bond acceptors (Lipinski definition) is 0. The highest BCUT2D eigenvalue weighted by Gasteiger charge is 2.13. The van der Waals surface area contributed by atoms with E-state index in [1.807, 2.05) is 0 Å². The summed E-state index contributed by atoms with van der Waals surface area (Å²) in [4.78, 5) is 0. The highest BCUT2D eigenvalue weighted by atomic mass is 127. The number of rotatable bonds is 14. The Hall–Kier alpha value is 1.08. The SMILES string of the molecule is CCCCCCCCCCCCCCC(C)[S+](C)C.[I-]. The topological polar surface area (TPSA) is 0 Å². The van der Waals surface area contributed by atoms with Gasteiger partial charge in [0.25, 0.3) is 0 Å². The van der Waals surface area contributed by atoms with Crippen LogP contribution in [-0.4, -0.2) is 17.8 Å². The predicted octanol–water partition coefficient (Wildman–Crippen LogP) is 3.35. The average molecular weight is 414 g/mol. The summed E-state index contributed by atoms with van der Waals surface area (Å²) in [6.45, 7) is 4.71. The summed E-state index contributed by atoms with van der Waals surface area (Å²) in [6.07, 6.45) is 23.8. The van der Waals surface area contributed by atoms with E-state index in [0.717, 1.165) is 5.25 Å². The van der Waals surface area contributed by atoms with E-state index in [-0.39, 0.29) is 24.0 Å². The van der Waals surface area contributed by atoms with Gasteiger partial charge in [0.1, 0.15) is 5.25 Å². The van der Waals surface area contributed by atoms with Crippen LogP contribution in [0.25, 0.3) is 0 Å². The third-order valence-electron chi connectivity index (χ3n) is 4.27. The van der Waals surface area contributed by atoms with Gasteiger partial charge in [0, 0.05) is 0 Å². The van der Waals surface area contributed by atoms with E-state index in [9.17, 15) is 0 Å². The Kier molecular flexibility index (Phi) is 21.2. The van der Waals surface area contributed by atoms with Crippen LogP contribution >= 0.6 is 0 Å². The lowest BCUT2D eigenvalue weighted by Crippen LogP contribution is -3.00. The molecule has 0 rings (SSSR count). The predicted molar refractivity (Wildman–Crippen MR) is 94.4 cm³/mol. The van der Waals surface area contributed by atoms with Crippen LogP contribution in [0.1, 0.15) is 97.3 Å². The molecule has 0 nitrogen and oxygen atoms in total. The van der Waals surface area contributed by atoms with Crippen molar-refractivity contribution in [1.82, 2.24) is 0 Å². The first kappa shape index (κ1) is 23.3. The lowest BCUT2D eigenvalue weighted by molar-refractivity contribution is -0.00000441. The van der Waals surface area contributed by atoms with Gasteiger partial charge >= 0.3 is 0 Å². The minimum absolute atomic E-state index is 0. The molecule has 0 N–H and O–H groups in total. The van der Waals surface area contributed by atoms with Crippen molar-refractivity contribution in [3.05, 3.63) is 0 Å². The second kappa shape index (κ2) is 18.1. The molecule has 1 unspecified atom stereocenters. The summed E-state index contributed by atoms with van der Waals surface area (Å²) in [5.41, 5.74) is 0. The molecular weight excluding hydrogens is 375 g/mol. The molecule has 0 spiro atoms. The average Bonchev–Trinajstić information content (AvgIpc) is 2.39. The van der Waals surface area contributed by atoms with Crippen LogP contribution in [0.2, 0.25) is 0 Å². The quantitative estimate of drug-likeness (QED) is 0.232. The Morgan fingerprint density at radius 1 is 0.650 bits per heavy atom. The highest BCUT2D eigenvalue weighted by molar-refractivity contribution is 7.96. The molecule has 0 aromatic rings. The van der Waals surface area contributed by atoms with Crippen molar-refractivity contribution in [1.29, 1.82) is 0 Å². The zero-order chi connectivity index (χ0) is 14.3. The molecule has 1 atom stereocenters. The third kappa shape index (κ3) is 17.1. The molecule has 124 valence electrons. The van der Waals surface area contributed by atoms with Crippen molar-refractivity contribution in [2.45, 2.75) is 103 Å². The molecule has 0 aliphatic rings. The Morgan fingerprint density at radius 2 is 1.00 bits per heavy atom. The Labute approximate surface area is 149 Å². The number of halogens is 1. The standard InChI is InChI=1S/C18H39S.HI/c1-5-6-7-8-9-10-11-12-13-14-15-16-17-18(2)19(3)4;/h18H,5-17H2,1-4H3;1H/q+1;/p-1. The van der Waals surface area contributed by atoms with Gasteiger partial charge in [0.2, 0.25) is 0 Å². The zero-order valence-electron chi connectivity index (χ0n) is 14.6. The fourth-order valence-corrected chi connectivity index (χ4v) is 3.15. The van der Waals surface area contributed by atoms with Crippen molar-refractivity contribution >= 4 is 10.9 Å². The molecule has 0 saturated heterocycles. The largest absolute Gasteiger partial charge is 1.00 e. The second-order valence-electron chi connectivity index (χ2n) is 6.37. The Bertz CT molecular complexity index is 171. The van der Waals surface area contributed by atoms with Crippen molar-refractivity contribution in [2.75, 3.05) is 12.5 Å².